The maximum absolute atomic E-state index is 12.8. The highest BCUT2D eigenvalue weighted by Gasteiger charge is 2.28. The van der Waals surface area contributed by atoms with Crippen molar-refractivity contribution in [2.75, 3.05) is 13.7 Å². The van der Waals surface area contributed by atoms with E-state index in [1.165, 1.54) is 4.68 Å². The van der Waals surface area contributed by atoms with E-state index < -0.39 is 17.4 Å². The molecule has 0 aliphatic heterocycles. The number of hydrogen-bond acceptors (Lipinski definition) is 6. The Labute approximate surface area is 157 Å². The lowest BCUT2D eigenvalue weighted by atomic mass is 9.89. The predicted octanol–water partition coefficient (Wildman–Crippen LogP) is 1.39. The van der Waals surface area contributed by atoms with E-state index in [4.69, 9.17) is 4.74 Å². The van der Waals surface area contributed by atoms with Crippen molar-refractivity contribution in [2.24, 2.45) is 5.41 Å². The fraction of sp³-hybridized carbons (Fsp3) is 0.500. The molecule has 146 valence electrons. The Morgan fingerprint density at radius 2 is 2.11 bits per heavy atom. The van der Waals surface area contributed by atoms with Gasteiger partial charge in [-0.2, -0.15) is 0 Å². The van der Waals surface area contributed by atoms with Crippen molar-refractivity contribution >= 4 is 11.9 Å². The number of nitrogens with one attached hydrogen (secondary N) is 1. The van der Waals surface area contributed by atoms with Crippen molar-refractivity contribution < 1.29 is 19.4 Å². The van der Waals surface area contributed by atoms with Crippen molar-refractivity contribution in [1.82, 2.24) is 25.5 Å². The second-order valence-corrected chi connectivity index (χ2v) is 6.97. The molecule has 0 radical (unpaired) electrons. The van der Waals surface area contributed by atoms with Crippen LogP contribution in [-0.2, 0) is 16.0 Å². The quantitative estimate of drug-likeness (QED) is 0.680. The first-order chi connectivity index (χ1) is 12.7. The van der Waals surface area contributed by atoms with Gasteiger partial charge < -0.3 is 15.2 Å². The highest BCUT2D eigenvalue weighted by Crippen LogP contribution is 2.21. The van der Waals surface area contributed by atoms with Crippen molar-refractivity contribution in [1.29, 1.82) is 0 Å². The number of ether oxygens (including phenoxy) is 1. The standard InChI is InChI=1S/C18H25N5O4/c1-12-20-21-22-23(12)15(11-13-6-5-7-14(10-13)27-4)16(24)19-9-8-18(2,3)17(25)26/h5-7,10,15H,8-9,11H2,1-4H3,(H,19,24)(H,25,26). The summed E-state index contributed by atoms with van der Waals surface area (Å²) in [5, 5.41) is 23.4. The van der Waals surface area contributed by atoms with Gasteiger partial charge in [-0.15, -0.1) is 5.10 Å². The normalized spacial score (nSPS) is 12.4. The van der Waals surface area contributed by atoms with Crippen LogP contribution >= 0.6 is 0 Å². The van der Waals surface area contributed by atoms with E-state index in [9.17, 15) is 14.7 Å². The summed E-state index contributed by atoms with van der Waals surface area (Å²) >= 11 is 0. The molecule has 0 saturated heterocycles. The summed E-state index contributed by atoms with van der Waals surface area (Å²) in [5.41, 5.74) is -0.0180. The Hall–Kier alpha value is -2.97. The number of benzene rings is 1. The molecule has 9 nitrogen and oxygen atoms in total. The fourth-order valence-corrected chi connectivity index (χ4v) is 2.56. The minimum absolute atomic E-state index is 0.244. The minimum atomic E-state index is -0.916. The number of tetrazole rings is 1. The Morgan fingerprint density at radius 1 is 1.37 bits per heavy atom. The zero-order valence-electron chi connectivity index (χ0n) is 16.0. The second-order valence-electron chi connectivity index (χ2n) is 6.97. The molecule has 2 N–H and O–H groups in total. The molecular weight excluding hydrogens is 350 g/mol. The smallest absolute Gasteiger partial charge is 0.309 e. The Bertz CT molecular complexity index is 803. The lowest BCUT2D eigenvalue weighted by molar-refractivity contribution is -0.147. The van der Waals surface area contributed by atoms with Crippen LogP contribution in [0.15, 0.2) is 24.3 Å². The second kappa shape index (κ2) is 8.61. The molecular formula is C18H25N5O4. The Balaban J connectivity index is 2.14. The zero-order chi connectivity index (χ0) is 20.0. The van der Waals surface area contributed by atoms with Gasteiger partial charge >= 0.3 is 5.97 Å². The van der Waals surface area contributed by atoms with Crippen LogP contribution in [0.3, 0.4) is 0 Å². The number of aromatic nitrogens is 4. The van der Waals surface area contributed by atoms with E-state index in [1.807, 2.05) is 24.3 Å². The molecule has 2 rings (SSSR count). The molecule has 1 unspecified atom stereocenters. The topological polar surface area (TPSA) is 119 Å². The SMILES string of the molecule is COc1cccc(CC(C(=O)NCCC(C)(C)C(=O)O)n2nnnc2C)c1. The van der Waals surface area contributed by atoms with Crippen LogP contribution in [0.1, 0.15) is 37.7 Å². The summed E-state index contributed by atoms with van der Waals surface area (Å²) in [5.74, 6) is 0.0441. The molecule has 2 aromatic rings. The van der Waals surface area contributed by atoms with E-state index in [0.29, 0.717) is 24.4 Å². The number of methoxy groups -OCH3 is 1. The largest absolute Gasteiger partial charge is 0.497 e. The average Bonchev–Trinajstić information content (AvgIpc) is 3.05. The van der Waals surface area contributed by atoms with Gasteiger partial charge in [0, 0.05) is 13.0 Å². The van der Waals surface area contributed by atoms with Crippen LogP contribution in [0.25, 0.3) is 0 Å². The maximum atomic E-state index is 12.8. The molecule has 9 heteroatoms. The summed E-state index contributed by atoms with van der Waals surface area (Å²) in [7, 11) is 1.58. The first-order valence-electron chi connectivity index (χ1n) is 8.63. The third-order valence-corrected chi connectivity index (χ3v) is 4.45. The number of amides is 1. The summed E-state index contributed by atoms with van der Waals surface area (Å²) in [4.78, 5) is 24.0. The van der Waals surface area contributed by atoms with Gasteiger partial charge in [0.15, 0.2) is 0 Å². The summed E-state index contributed by atoms with van der Waals surface area (Å²) in [6.45, 7) is 5.22. The van der Waals surface area contributed by atoms with Crippen molar-refractivity contribution in [3.8, 4) is 5.75 Å². The molecule has 0 saturated carbocycles. The number of carboxylic acid groups (broad SMARTS) is 1. The summed E-state index contributed by atoms with van der Waals surface area (Å²) in [6, 6.07) is 6.78. The first-order valence-corrected chi connectivity index (χ1v) is 8.63. The molecule has 0 aliphatic rings. The van der Waals surface area contributed by atoms with Crippen LogP contribution in [-0.4, -0.2) is 50.8 Å². The Kier molecular flexibility index (Phi) is 6.49. The highest BCUT2D eigenvalue weighted by molar-refractivity contribution is 5.80. The Morgan fingerprint density at radius 3 is 2.70 bits per heavy atom. The molecule has 1 aromatic carbocycles. The molecule has 0 aliphatic carbocycles. The van der Waals surface area contributed by atoms with Crippen molar-refractivity contribution in [2.45, 2.75) is 39.7 Å². The van der Waals surface area contributed by atoms with E-state index >= 15 is 0 Å². The average molecular weight is 375 g/mol. The molecule has 0 bridgehead atoms. The number of rotatable bonds is 9. The zero-order valence-corrected chi connectivity index (χ0v) is 16.0. The number of carbonyl (C=O) groups excluding carboxylic acids is 1. The fourth-order valence-electron chi connectivity index (χ4n) is 2.56. The van der Waals surface area contributed by atoms with Gasteiger partial charge in [-0.05, 0) is 55.3 Å². The van der Waals surface area contributed by atoms with Crippen LogP contribution in [0.5, 0.6) is 5.75 Å². The van der Waals surface area contributed by atoms with E-state index in [0.717, 1.165) is 5.56 Å². The maximum Gasteiger partial charge on any atom is 0.309 e. The lowest BCUT2D eigenvalue weighted by Gasteiger charge is -2.21. The molecule has 1 amide bonds. The highest BCUT2D eigenvalue weighted by atomic mass is 16.5. The molecule has 27 heavy (non-hydrogen) atoms. The van der Waals surface area contributed by atoms with Crippen LogP contribution in [0.4, 0.5) is 0 Å². The van der Waals surface area contributed by atoms with Crippen LogP contribution < -0.4 is 10.1 Å². The van der Waals surface area contributed by atoms with Gasteiger partial charge in [0.05, 0.1) is 12.5 Å². The van der Waals surface area contributed by atoms with Crippen molar-refractivity contribution in [3.05, 3.63) is 35.7 Å². The summed E-state index contributed by atoms with van der Waals surface area (Å²) < 4.78 is 6.70. The third-order valence-electron chi connectivity index (χ3n) is 4.45. The minimum Gasteiger partial charge on any atom is -0.497 e. The van der Waals surface area contributed by atoms with Crippen molar-refractivity contribution in [3.63, 3.8) is 0 Å². The van der Waals surface area contributed by atoms with Gasteiger partial charge in [-0.3, -0.25) is 9.59 Å². The predicted molar refractivity (Wildman–Crippen MR) is 97.3 cm³/mol. The van der Waals surface area contributed by atoms with Gasteiger partial charge in [0.25, 0.3) is 0 Å². The molecule has 0 fully saturated rings. The van der Waals surface area contributed by atoms with E-state index in [2.05, 4.69) is 20.8 Å². The summed E-state index contributed by atoms with van der Waals surface area (Å²) in [6.07, 6.45) is 0.686. The number of nitrogens with zero attached hydrogens (tertiary/aromatic N) is 4. The number of hydrogen-bond donors (Lipinski definition) is 2. The van der Waals surface area contributed by atoms with Gasteiger partial charge in [-0.25, -0.2) is 4.68 Å². The first kappa shape index (κ1) is 20.3. The van der Waals surface area contributed by atoms with Gasteiger partial charge in [0.2, 0.25) is 5.91 Å². The van der Waals surface area contributed by atoms with Gasteiger partial charge in [0.1, 0.15) is 17.6 Å². The number of carbonyl (C=O) groups is 2. The molecule has 1 atom stereocenters. The van der Waals surface area contributed by atoms with Gasteiger partial charge in [-0.1, -0.05) is 12.1 Å². The number of aliphatic carboxylic acids is 1. The van der Waals surface area contributed by atoms with E-state index in [-0.39, 0.29) is 12.5 Å². The van der Waals surface area contributed by atoms with Crippen LogP contribution in [0.2, 0.25) is 0 Å². The molecule has 1 heterocycles. The molecule has 1 aromatic heterocycles. The number of aryl methyl sites for hydroxylation is 1. The van der Waals surface area contributed by atoms with Crippen LogP contribution in [0, 0.1) is 12.3 Å². The van der Waals surface area contributed by atoms with E-state index in [1.54, 1.807) is 27.9 Å². The third kappa shape index (κ3) is 5.25. The lowest BCUT2D eigenvalue weighted by Crippen LogP contribution is -2.37. The number of carboxylic acids is 1. The monoisotopic (exact) mass is 375 g/mol. The molecule has 0 spiro atoms.